The van der Waals surface area contributed by atoms with Crippen molar-refractivity contribution in [3.8, 4) is 5.69 Å². The Morgan fingerprint density at radius 3 is 2.49 bits per heavy atom. The molecule has 2 aromatic carbocycles. The largest absolute Gasteiger partial charge is 0.383 e. The smallest absolute Gasteiger partial charge is 0.330 e. The first-order valence-electron chi connectivity index (χ1n) is 10.8. The van der Waals surface area contributed by atoms with E-state index in [2.05, 4.69) is 20.5 Å². The topological polar surface area (TPSA) is 154 Å². The first kappa shape index (κ1) is 23.6. The van der Waals surface area contributed by atoms with Gasteiger partial charge in [0, 0.05) is 7.11 Å². The third-order valence-electron chi connectivity index (χ3n) is 5.39. The molecule has 0 bridgehead atoms. The number of ether oxygens (including phenoxy) is 1. The SMILES string of the molecule is COCCn1c(N)c(N(Cc2ccccc2)C(=O)Cc2ccc(-n3cnnn3)cc2)c(=O)[nH]c1=O. The third-order valence-corrected chi connectivity index (χ3v) is 5.39. The molecule has 0 fully saturated rings. The van der Waals surface area contributed by atoms with Crippen molar-refractivity contribution in [2.45, 2.75) is 19.5 Å². The number of nitrogens with two attached hydrogens (primary N) is 1. The van der Waals surface area contributed by atoms with Crippen LogP contribution in [0.25, 0.3) is 5.69 Å². The summed E-state index contributed by atoms with van der Waals surface area (Å²) in [5.74, 6) is -0.465. The lowest BCUT2D eigenvalue weighted by molar-refractivity contribution is -0.118. The number of anilines is 2. The van der Waals surface area contributed by atoms with Gasteiger partial charge in [-0.25, -0.2) is 9.48 Å². The van der Waals surface area contributed by atoms with Gasteiger partial charge in [-0.15, -0.1) is 5.10 Å². The molecular formula is C23H24N8O4. The van der Waals surface area contributed by atoms with Crippen molar-refractivity contribution in [3.63, 3.8) is 0 Å². The van der Waals surface area contributed by atoms with E-state index < -0.39 is 11.2 Å². The highest BCUT2D eigenvalue weighted by molar-refractivity contribution is 5.96. The molecule has 0 spiro atoms. The van der Waals surface area contributed by atoms with Crippen molar-refractivity contribution in [1.82, 2.24) is 29.8 Å². The van der Waals surface area contributed by atoms with E-state index in [9.17, 15) is 14.4 Å². The number of hydrogen-bond donors (Lipinski definition) is 2. The van der Waals surface area contributed by atoms with Gasteiger partial charge in [-0.2, -0.15) is 0 Å². The molecule has 0 aliphatic heterocycles. The second kappa shape index (κ2) is 10.6. The van der Waals surface area contributed by atoms with Gasteiger partial charge >= 0.3 is 5.69 Å². The normalized spacial score (nSPS) is 10.9. The summed E-state index contributed by atoms with van der Waals surface area (Å²) in [7, 11) is 1.49. The highest BCUT2D eigenvalue weighted by Crippen LogP contribution is 2.21. The quantitative estimate of drug-likeness (QED) is 0.354. The summed E-state index contributed by atoms with van der Waals surface area (Å²) in [6, 6.07) is 16.3. The standard InChI is InChI=1S/C23H24N8O4/c1-35-12-11-29-21(24)20(22(33)26-23(29)34)30(14-17-5-3-2-4-6-17)19(32)13-16-7-9-18(10-8-16)31-15-25-27-28-31/h2-10,15H,11-14,24H2,1H3,(H,26,33,34). The molecule has 0 saturated carbocycles. The molecule has 35 heavy (non-hydrogen) atoms. The first-order chi connectivity index (χ1) is 17.0. The number of amides is 1. The Bertz CT molecular complexity index is 1400. The van der Waals surface area contributed by atoms with E-state index in [1.807, 2.05) is 30.3 Å². The Balaban J connectivity index is 1.69. The lowest BCUT2D eigenvalue weighted by Gasteiger charge is -2.25. The Morgan fingerprint density at radius 2 is 1.83 bits per heavy atom. The minimum absolute atomic E-state index is 0.00119. The molecular weight excluding hydrogens is 452 g/mol. The predicted octanol–water partition coefficient (Wildman–Crippen LogP) is 0.517. The van der Waals surface area contributed by atoms with Crippen LogP contribution in [0.2, 0.25) is 0 Å². The van der Waals surface area contributed by atoms with E-state index in [0.717, 1.165) is 11.3 Å². The summed E-state index contributed by atoms with van der Waals surface area (Å²) in [6.45, 7) is 0.422. The molecule has 3 N–H and O–H groups in total. The van der Waals surface area contributed by atoms with E-state index in [1.165, 1.54) is 27.6 Å². The van der Waals surface area contributed by atoms with E-state index in [1.54, 1.807) is 24.3 Å². The van der Waals surface area contributed by atoms with Gasteiger partial charge in [0.15, 0.2) is 5.69 Å². The van der Waals surface area contributed by atoms with Crippen LogP contribution in [0.5, 0.6) is 0 Å². The summed E-state index contributed by atoms with van der Waals surface area (Å²) < 4.78 is 7.73. The first-order valence-corrected chi connectivity index (χ1v) is 10.8. The summed E-state index contributed by atoms with van der Waals surface area (Å²) in [6.07, 6.45) is 1.47. The Hall–Kier alpha value is -4.58. The highest BCUT2D eigenvalue weighted by atomic mass is 16.5. The van der Waals surface area contributed by atoms with Gasteiger partial charge in [0.25, 0.3) is 5.56 Å². The van der Waals surface area contributed by atoms with Gasteiger partial charge in [-0.1, -0.05) is 42.5 Å². The summed E-state index contributed by atoms with van der Waals surface area (Å²) in [5, 5.41) is 11.1. The average molecular weight is 476 g/mol. The number of tetrazole rings is 1. The molecule has 12 nitrogen and oxygen atoms in total. The summed E-state index contributed by atoms with van der Waals surface area (Å²) in [5.41, 5.74) is 7.01. The van der Waals surface area contributed by atoms with Crippen LogP contribution in [0.1, 0.15) is 11.1 Å². The van der Waals surface area contributed by atoms with Crippen LogP contribution in [-0.4, -0.2) is 49.4 Å². The number of carbonyl (C=O) groups is 1. The van der Waals surface area contributed by atoms with Crippen molar-refractivity contribution in [3.05, 3.63) is 92.9 Å². The average Bonchev–Trinajstić information content (AvgIpc) is 3.39. The monoisotopic (exact) mass is 476 g/mol. The molecule has 1 amide bonds. The maximum atomic E-state index is 13.5. The summed E-state index contributed by atoms with van der Waals surface area (Å²) >= 11 is 0. The van der Waals surface area contributed by atoms with Crippen molar-refractivity contribution in [2.75, 3.05) is 24.4 Å². The zero-order valence-electron chi connectivity index (χ0n) is 19.0. The van der Waals surface area contributed by atoms with Gasteiger partial charge in [0.2, 0.25) is 5.91 Å². The van der Waals surface area contributed by atoms with E-state index in [4.69, 9.17) is 10.5 Å². The number of nitrogens with one attached hydrogen (secondary N) is 1. The molecule has 180 valence electrons. The van der Waals surface area contributed by atoms with Crippen LogP contribution in [0.4, 0.5) is 11.5 Å². The second-order valence-corrected chi connectivity index (χ2v) is 7.70. The molecule has 0 unspecified atom stereocenters. The van der Waals surface area contributed by atoms with E-state index in [0.29, 0.717) is 5.56 Å². The maximum absolute atomic E-state index is 13.5. The van der Waals surface area contributed by atoms with Gasteiger partial charge < -0.3 is 10.5 Å². The van der Waals surface area contributed by atoms with Crippen molar-refractivity contribution < 1.29 is 9.53 Å². The van der Waals surface area contributed by atoms with Crippen LogP contribution in [0.15, 0.2) is 70.5 Å². The number of hydrogen-bond acceptors (Lipinski definition) is 8. The van der Waals surface area contributed by atoms with E-state index in [-0.39, 0.29) is 43.5 Å². The molecule has 0 atom stereocenters. The van der Waals surface area contributed by atoms with Crippen molar-refractivity contribution >= 4 is 17.4 Å². The molecule has 0 aliphatic rings. The minimum Gasteiger partial charge on any atom is -0.383 e. The number of nitrogens with zero attached hydrogens (tertiary/aromatic N) is 6. The van der Waals surface area contributed by atoms with Crippen molar-refractivity contribution in [2.24, 2.45) is 0 Å². The molecule has 0 saturated heterocycles. The Kier molecular flexibility index (Phi) is 7.12. The summed E-state index contributed by atoms with van der Waals surface area (Å²) in [4.78, 5) is 42.3. The zero-order chi connectivity index (χ0) is 24.8. The molecule has 2 aromatic heterocycles. The van der Waals surface area contributed by atoms with Crippen LogP contribution < -0.4 is 21.9 Å². The molecule has 4 aromatic rings. The van der Waals surface area contributed by atoms with Crippen LogP contribution >= 0.6 is 0 Å². The number of aromatic nitrogens is 6. The van der Waals surface area contributed by atoms with Gasteiger partial charge in [-0.3, -0.25) is 24.0 Å². The molecule has 12 heteroatoms. The van der Waals surface area contributed by atoms with Crippen molar-refractivity contribution in [1.29, 1.82) is 0 Å². The zero-order valence-corrected chi connectivity index (χ0v) is 19.0. The minimum atomic E-state index is -0.737. The number of nitrogen functional groups attached to an aromatic ring is 1. The number of methoxy groups -OCH3 is 1. The number of H-pyrrole nitrogens is 1. The van der Waals surface area contributed by atoms with Crippen LogP contribution in [-0.2, 0) is 29.0 Å². The fourth-order valence-corrected chi connectivity index (χ4v) is 3.62. The molecule has 4 rings (SSSR count). The molecule has 2 heterocycles. The second-order valence-electron chi connectivity index (χ2n) is 7.70. The maximum Gasteiger partial charge on any atom is 0.330 e. The van der Waals surface area contributed by atoms with E-state index >= 15 is 0 Å². The molecule has 0 aliphatic carbocycles. The number of carbonyl (C=O) groups excluding carboxylic acids is 1. The third kappa shape index (κ3) is 5.33. The highest BCUT2D eigenvalue weighted by Gasteiger charge is 2.24. The van der Waals surface area contributed by atoms with Gasteiger partial charge in [-0.05, 0) is 33.7 Å². The van der Waals surface area contributed by atoms with Crippen LogP contribution in [0.3, 0.4) is 0 Å². The van der Waals surface area contributed by atoms with Gasteiger partial charge in [0.05, 0.1) is 31.8 Å². The predicted molar refractivity (Wildman–Crippen MR) is 128 cm³/mol. The lowest BCUT2D eigenvalue weighted by Crippen LogP contribution is -2.41. The van der Waals surface area contributed by atoms with Crippen LogP contribution in [0, 0.1) is 0 Å². The number of aromatic amines is 1. The van der Waals surface area contributed by atoms with Gasteiger partial charge in [0.1, 0.15) is 12.1 Å². The molecule has 0 radical (unpaired) electrons. The fraction of sp³-hybridized carbons (Fsp3) is 0.217. The fourth-order valence-electron chi connectivity index (χ4n) is 3.62. The Labute approximate surface area is 199 Å². The Morgan fingerprint density at radius 1 is 1.09 bits per heavy atom. The lowest BCUT2D eigenvalue weighted by atomic mass is 10.1. The number of rotatable bonds is 9. The number of benzene rings is 2.